The Morgan fingerprint density at radius 1 is 1.08 bits per heavy atom. The minimum atomic E-state index is -0.115. The van der Waals surface area contributed by atoms with Crippen molar-refractivity contribution in [2.45, 2.75) is 6.42 Å². The lowest BCUT2D eigenvalue weighted by atomic mass is 10.2. The van der Waals surface area contributed by atoms with Crippen LogP contribution in [0.25, 0.3) is 11.0 Å². The van der Waals surface area contributed by atoms with Crippen LogP contribution in [0, 0.1) is 0 Å². The van der Waals surface area contributed by atoms with E-state index >= 15 is 0 Å². The third-order valence-electron chi connectivity index (χ3n) is 3.74. The quantitative estimate of drug-likeness (QED) is 0.730. The number of imidazole rings is 1. The van der Waals surface area contributed by atoms with Crippen LogP contribution in [0.15, 0.2) is 42.5 Å². The number of rotatable bonds is 6. The van der Waals surface area contributed by atoms with Crippen LogP contribution >= 0.6 is 0 Å². The Kier molecular flexibility index (Phi) is 4.65. The van der Waals surface area contributed by atoms with Crippen molar-refractivity contribution in [3.8, 4) is 11.5 Å². The third kappa shape index (κ3) is 3.48. The fraction of sp³-hybridized carbons (Fsp3) is 0.222. The molecular weight excluding hydrogens is 306 g/mol. The molecule has 0 saturated heterocycles. The number of carbonyl (C=O) groups is 1. The molecule has 24 heavy (non-hydrogen) atoms. The van der Waals surface area contributed by atoms with Crippen molar-refractivity contribution in [2.75, 3.05) is 20.8 Å². The van der Waals surface area contributed by atoms with E-state index in [-0.39, 0.29) is 5.91 Å². The van der Waals surface area contributed by atoms with Crippen molar-refractivity contribution in [3.63, 3.8) is 0 Å². The van der Waals surface area contributed by atoms with Gasteiger partial charge in [-0.05, 0) is 36.4 Å². The minimum absolute atomic E-state index is 0.115. The van der Waals surface area contributed by atoms with Gasteiger partial charge in [-0.3, -0.25) is 4.79 Å². The lowest BCUT2D eigenvalue weighted by Crippen LogP contribution is -2.25. The summed E-state index contributed by atoms with van der Waals surface area (Å²) < 4.78 is 10.3. The topological polar surface area (TPSA) is 76.2 Å². The first-order valence-corrected chi connectivity index (χ1v) is 7.64. The summed E-state index contributed by atoms with van der Waals surface area (Å²) >= 11 is 0. The Morgan fingerprint density at radius 3 is 2.50 bits per heavy atom. The van der Waals surface area contributed by atoms with Gasteiger partial charge in [0.1, 0.15) is 17.3 Å². The molecular formula is C18H19N3O3. The van der Waals surface area contributed by atoms with Crippen molar-refractivity contribution in [2.24, 2.45) is 0 Å². The number of aromatic amines is 1. The number of ether oxygens (including phenoxy) is 2. The number of carbonyl (C=O) groups excluding carboxylic acids is 1. The summed E-state index contributed by atoms with van der Waals surface area (Å²) in [5, 5.41) is 2.89. The number of fused-ring (bicyclic) bond motifs is 1. The maximum atomic E-state index is 12.1. The van der Waals surface area contributed by atoms with Crippen LogP contribution in [0.1, 0.15) is 16.2 Å². The van der Waals surface area contributed by atoms with Crippen LogP contribution in [-0.2, 0) is 6.42 Å². The molecule has 3 aromatic rings. The summed E-state index contributed by atoms with van der Waals surface area (Å²) in [6.07, 6.45) is 0.624. The van der Waals surface area contributed by atoms with Crippen LogP contribution in [0.2, 0.25) is 0 Å². The zero-order valence-electron chi connectivity index (χ0n) is 13.6. The van der Waals surface area contributed by atoms with E-state index < -0.39 is 0 Å². The van der Waals surface area contributed by atoms with Gasteiger partial charge in [0.2, 0.25) is 0 Å². The Balaban J connectivity index is 1.58. The Hall–Kier alpha value is -3.02. The molecule has 0 atom stereocenters. The van der Waals surface area contributed by atoms with Gasteiger partial charge in [-0.2, -0.15) is 0 Å². The molecule has 2 aromatic carbocycles. The lowest BCUT2D eigenvalue weighted by Gasteiger charge is -2.05. The first-order valence-electron chi connectivity index (χ1n) is 7.64. The van der Waals surface area contributed by atoms with Crippen LogP contribution in [0.3, 0.4) is 0 Å². The van der Waals surface area contributed by atoms with Gasteiger partial charge in [0.05, 0.1) is 25.3 Å². The second-order valence-electron chi connectivity index (χ2n) is 5.30. The lowest BCUT2D eigenvalue weighted by molar-refractivity contribution is 0.0954. The van der Waals surface area contributed by atoms with E-state index in [1.54, 1.807) is 38.5 Å². The molecule has 0 aliphatic heterocycles. The summed E-state index contributed by atoms with van der Waals surface area (Å²) in [6.45, 7) is 0.502. The van der Waals surface area contributed by atoms with E-state index in [0.29, 0.717) is 18.5 Å². The monoisotopic (exact) mass is 325 g/mol. The SMILES string of the molecule is COc1ccc(C(=O)NCCc2nc3ccc(OC)cc3[nH]2)cc1. The summed E-state index contributed by atoms with van der Waals surface area (Å²) in [5.41, 5.74) is 2.41. The van der Waals surface area contributed by atoms with E-state index in [4.69, 9.17) is 9.47 Å². The van der Waals surface area contributed by atoms with Gasteiger partial charge in [0.15, 0.2) is 0 Å². The zero-order valence-corrected chi connectivity index (χ0v) is 13.6. The first-order chi connectivity index (χ1) is 11.7. The largest absolute Gasteiger partial charge is 0.497 e. The number of methoxy groups -OCH3 is 2. The van der Waals surface area contributed by atoms with Crippen molar-refractivity contribution in [1.29, 1.82) is 0 Å². The summed E-state index contributed by atoms with van der Waals surface area (Å²) in [5.74, 6) is 2.22. The number of hydrogen-bond donors (Lipinski definition) is 2. The van der Waals surface area contributed by atoms with E-state index in [1.807, 2.05) is 18.2 Å². The average Bonchev–Trinajstić information content (AvgIpc) is 3.03. The number of hydrogen-bond acceptors (Lipinski definition) is 4. The molecule has 0 spiro atoms. The molecule has 0 saturated carbocycles. The molecule has 2 N–H and O–H groups in total. The molecule has 6 nitrogen and oxygen atoms in total. The molecule has 1 aromatic heterocycles. The maximum absolute atomic E-state index is 12.1. The van der Waals surface area contributed by atoms with Crippen LogP contribution in [0.4, 0.5) is 0 Å². The predicted octanol–water partition coefficient (Wildman–Crippen LogP) is 2.55. The third-order valence-corrected chi connectivity index (χ3v) is 3.74. The highest BCUT2D eigenvalue weighted by Gasteiger charge is 2.07. The second kappa shape index (κ2) is 7.04. The first kappa shape index (κ1) is 15.9. The van der Waals surface area contributed by atoms with E-state index in [0.717, 1.165) is 28.4 Å². The van der Waals surface area contributed by atoms with Crippen molar-refractivity contribution in [3.05, 3.63) is 53.9 Å². The molecule has 0 aliphatic rings. The van der Waals surface area contributed by atoms with E-state index in [9.17, 15) is 4.79 Å². The molecule has 6 heteroatoms. The van der Waals surface area contributed by atoms with Gasteiger partial charge in [-0.25, -0.2) is 4.98 Å². The van der Waals surface area contributed by atoms with E-state index in [1.165, 1.54) is 0 Å². The van der Waals surface area contributed by atoms with Crippen LogP contribution in [0.5, 0.6) is 11.5 Å². The number of aromatic nitrogens is 2. The number of nitrogens with one attached hydrogen (secondary N) is 2. The summed E-state index contributed by atoms with van der Waals surface area (Å²) in [6, 6.07) is 12.7. The minimum Gasteiger partial charge on any atom is -0.497 e. The normalized spacial score (nSPS) is 10.6. The molecule has 1 heterocycles. The zero-order chi connectivity index (χ0) is 16.9. The van der Waals surface area contributed by atoms with Gasteiger partial charge < -0.3 is 19.8 Å². The Morgan fingerprint density at radius 2 is 1.79 bits per heavy atom. The average molecular weight is 325 g/mol. The van der Waals surface area contributed by atoms with Gasteiger partial charge in [-0.1, -0.05) is 0 Å². The van der Waals surface area contributed by atoms with Gasteiger partial charge >= 0.3 is 0 Å². The number of amides is 1. The molecule has 3 rings (SSSR count). The van der Waals surface area contributed by atoms with Crippen molar-refractivity contribution in [1.82, 2.24) is 15.3 Å². The van der Waals surface area contributed by atoms with E-state index in [2.05, 4.69) is 15.3 Å². The highest BCUT2D eigenvalue weighted by atomic mass is 16.5. The predicted molar refractivity (Wildman–Crippen MR) is 91.7 cm³/mol. The molecule has 124 valence electrons. The summed E-state index contributed by atoms with van der Waals surface area (Å²) in [4.78, 5) is 19.8. The Labute approximate surface area is 139 Å². The molecule has 0 radical (unpaired) electrons. The molecule has 0 aliphatic carbocycles. The van der Waals surface area contributed by atoms with Crippen molar-refractivity contribution >= 4 is 16.9 Å². The molecule has 0 unspecified atom stereocenters. The smallest absolute Gasteiger partial charge is 0.251 e. The molecule has 0 fully saturated rings. The molecule has 1 amide bonds. The van der Waals surface area contributed by atoms with Gasteiger partial charge in [0, 0.05) is 24.6 Å². The number of benzene rings is 2. The van der Waals surface area contributed by atoms with Crippen LogP contribution < -0.4 is 14.8 Å². The van der Waals surface area contributed by atoms with Gasteiger partial charge in [-0.15, -0.1) is 0 Å². The number of H-pyrrole nitrogens is 1. The molecule has 0 bridgehead atoms. The fourth-order valence-electron chi connectivity index (χ4n) is 2.43. The second-order valence-corrected chi connectivity index (χ2v) is 5.30. The summed E-state index contributed by atoms with van der Waals surface area (Å²) in [7, 11) is 3.23. The highest BCUT2D eigenvalue weighted by Crippen LogP contribution is 2.18. The van der Waals surface area contributed by atoms with Crippen LogP contribution in [-0.4, -0.2) is 36.6 Å². The number of nitrogens with zero attached hydrogens (tertiary/aromatic N) is 1. The maximum Gasteiger partial charge on any atom is 0.251 e. The van der Waals surface area contributed by atoms with Crippen molar-refractivity contribution < 1.29 is 14.3 Å². The van der Waals surface area contributed by atoms with Gasteiger partial charge in [0.25, 0.3) is 5.91 Å². The standard InChI is InChI=1S/C18H19N3O3/c1-23-13-5-3-12(4-6-13)18(22)19-10-9-17-20-15-8-7-14(24-2)11-16(15)21-17/h3-8,11H,9-10H2,1-2H3,(H,19,22)(H,20,21). The highest BCUT2D eigenvalue weighted by molar-refractivity contribution is 5.94. The Bertz CT molecular complexity index is 840. The fourth-order valence-corrected chi connectivity index (χ4v) is 2.43.